The lowest BCUT2D eigenvalue weighted by atomic mass is 10.0. The quantitative estimate of drug-likeness (QED) is 0.105. The molecule has 10 heteroatoms. The summed E-state index contributed by atoms with van der Waals surface area (Å²) < 4.78 is 5.60. The minimum absolute atomic E-state index is 0.177. The van der Waals surface area contributed by atoms with E-state index in [0.717, 1.165) is 5.39 Å². The summed E-state index contributed by atoms with van der Waals surface area (Å²) in [6.45, 7) is 0. The van der Waals surface area contributed by atoms with Crippen LogP contribution in [0.3, 0.4) is 0 Å². The molecular formula is C26H16Cl3N3O4. The molecule has 4 rings (SSSR count). The largest absolute Gasteiger partial charge is 0.422 e. The molecule has 0 aromatic heterocycles. The Balaban J connectivity index is 1.55. The van der Waals surface area contributed by atoms with Gasteiger partial charge in [0, 0.05) is 10.6 Å². The van der Waals surface area contributed by atoms with Crippen LogP contribution in [0.5, 0.6) is 5.75 Å². The van der Waals surface area contributed by atoms with Crippen molar-refractivity contribution >= 4 is 75.3 Å². The molecule has 0 unspecified atom stereocenters. The molecule has 2 N–H and O–H groups in total. The van der Waals surface area contributed by atoms with Gasteiger partial charge in [0.1, 0.15) is 5.75 Å². The zero-order valence-electron chi connectivity index (χ0n) is 18.3. The highest BCUT2D eigenvalue weighted by Crippen LogP contribution is 2.28. The fourth-order valence-corrected chi connectivity index (χ4v) is 3.81. The highest BCUT2D eigenvalue weighted by molar-refractivity contribution is 6.42. The number of carbonyl (C=O) groups is 3. The summed E-state index contributed by atoms with van der Waals surface area (Å²) >= 11 is 18.0. The van der Waals surface area contributed by atoms with Crippen LogP contribution in [0.2, 0.25) is 15.1 Å². The zero-order valence-corrected chi connectivity index (χ0v) is 20.6. The number of nitrogens with zero attached hydrogens (tertiary/aromatic N) is 1. The van der Waals surface area contributed by atoms with Crippen LogP contribution in [-0.4, -0.2) is 24.0 Å². The minimum Gasteiger partial charge on any atom is -0.422 e. The zero-order chi connectivity index (χ0) is 25.7. The van der Waals surface area contributed by atoms with Crippen LogP contribution in [0.1, 0.15) is 15.9 Å². The Morgan fingerprint density at radius 2 is 1.56 bits per heavy atom. The number of carbonyl (C=O) groups excluding carboxylic acids is 3. The van der Waals surface area contributed by atoms with E-state index in [0.29, 0.717) is 16.0 Å². The Labute approximate surface area is 220 Å². The molecule has 0 saturated carbocycles. The van der Waals surface area contributed by atoms with Crippen LogP contribution >= 0.6 is 34.8 Å². The minimum atomic E-state index is -1.04. The molecule has 36 heavy (non-hydrogen) atoms. The summed E-state index contributed by atoms with van der Waals surface area (Å²) in [5, 5.41) is 8.60. The summed E-state index contributed by atoms with van der Waals surface area (Å²) in [6.07, 6.45) is 1.29. The summed E-state index contributed by atoms with van der Waals surface area (Å²) in [5.74, 6) is -2.52. The van der Waals surface area contributed by atoms with Crippen LogP contribution in [0.25, 0.3) is 10.8 Å². The smallest absolute Gasteiger partial charge is 0.345 e. The second-order valence-electron chi connectivity index (χ2n) is 7.35. The normalized spacial score (nSPS) is 10.9. The number of fused-ring (bicyclic) bond motifs is 1. The van der Waals surface area contributed by atoms with Gasteiger partial charge in [-0.25, -0.2) is 10.2 Å². The van der Waals surface area contributed by atoms with E-state index >= 15 is 0 Å². The fraction of sp³-hybridized carbons (Fsp3) is 0. The second kappa shape index (κ2) is 11.2. The summed E-state index contributed by atoms with van der Waals surface area (Å²) in [7, 11) is 0. The monoisotopic (exact) mass is 539 g/mol. The number of nitrogens with one attached hydrogen (secondary N) is 2. The highest BCUT2D eigenvalue weighted by atomic mass is 35.5. The molecule has 0 radical (unpaired) electrons. The first-order chi connectivity index (χ1) is 17.3. The van der Waals surface area contributed by atoms with Crippen molar-refractivity contribution in [3.63, 3.8) is 0 Å². The van der Waals surface area contributed by atoms with Crippen molar-refractivity contribution in [3.8, 4) is 5.75 Å². The number of hydrazone groups is 1. The fourth-order valence-electron chi connectivity index (χ4n) is 3.26. The van der Waals surface area contributed by atoms with Crippen LogP contribution in [-0.2, 0) is 9.59 Å². The first-order valence-electron chi connectivity index (χ1n) is 10.4. The second-order valence-corrected chi connectivity index (χ2v) is 8.60. The van der Waals surface area contributed by atoms with Gasteiger partial charge in [-0.3, -0.25) is 9.59 Å². The van der Waals surface area contributed by atoms with Crippen molar-refractivity contribution in [2.45, 2.75) is 0 Å². The number of ether oxygens (including phenoxy) is 1. The van der Waals surface area contributed by atoms with E-state index in [1.165, 1.54) is 18.3 Å². The first kappa shape index (κ1) is 25.2. The molecule has 0 aliphatic rings. The molecule has 4 aromatic carbocycles. The van der Waals surface area contributed by atoms with E-state index in [2.05, 4.69) is 15.8 Å². The highest BCUT2D eigenvalue weighted by Gasteiger charge is 2.17. The molecule has 0 aliphatic carbocycles. The van der Waals surface area contributed by atoms with Gasteiger partial charge >= 0.3 is 17.8 Å². The van der Waals surface area contributed by atoms with Gasteiger partial charge in [-0.05, 0) is 47.2 Å². The third kappa shape index (κ3) is 5.83. The predicted molar refractivity (Wildman–Crippen MR) is 141 cm³/mol. The average molecular weight is 541 g/mol. The summed E-state index contributed by atoms with van der Waals surface area (Å²) in [6, 6.07) is 21.7. The predicted octanol–water partition coefficient (Wildman–Crippen LogP) is 6.11. The van der Waals surface area contributed by atoms with E-state index in [1.54, 1.807) is 54.6 Å². The molecular weight excluding hydrogens is 525 g/mol. The Morgan fingerprint density at radius 1 is 0.806 bits per heavy atom. The van der Waals surface area contributed by atoms with Gasteiger partial charge < -0.3 is 10.1 Å². The van der Waals surface area contributed by atoms with Crippen LogP contribution in [0.15, 0.2) is 84.0 Å². The molecule has 7 nitrogen and oxygen atoms in total. The molecule has 0 spiro atoms. The van der Waals surface area contributed by atoms with Gasteiger partial charge in [-0.15, -0.1) is 0 Å². The average Bonchev–Trinajstić information content (AvgIpc) is 2.87. The number of anilines is 1. The van der Waals surface area contributed by atoms with Crippen molar-refractivity contribution in [2.24, 2.45) is 5.10 Å². The maximum atomic E-state index is 12.7. The van der Waals surface area contributed by atoms with Gasteiger partial charge in [0.15, 0.2) is 0 Å². The third-order valence-electron chi connectivity index (χ3n) is 4.97. The lowest BCUT2D eigenvalue weighted by molar-refractivity contribution is -0.136. The van der Waals surface area contributed by atoms with Gasteiger partial charge in [0.25, 0.3) is 0 Å². The van der Waals surface area contributed by atoms with Crippen LogP contribution in [0.4, 0.5) is 5.69 Å². The van der Waals surface area contributed by atoms with Gasteiger partial charge in [0.2, 0.25) is 0 Å². The molecule has 180 valence electrons. The number of hydrogen-bond acceptors (Lipinski definition) is 5. The molecule has 0 bridgehead atoms. The molecule has 4 aromatic rings. The number of benzene rings is 4. The topological polar surface area (TPSA) is 96.9 Å². The number of halogens is 3. The standard InChI is InChI=1S/C26H16Cl3N3O4/c27-16-10-11-21(29)22(13-16)31-24(33)25(34)32-30-14-19-17-6-2-1-5-15(17)9-12-23(19)36-26(35)18-7-3-4-8-20(18)28/h1-14H,(H,31,33)(H,32,34)/b30-14+. The van der Waals surface area contributed by atoms with Crippen molar-refractivity contribution in [3.05, 3.63) is 105 Å². The van der Waals surface area contributed by atoms with Crippen molar-refractivity contribution in [1.29, 1.82) is 0 Å². The summed E-state index contributed by atoms with van der Waals surface area (Å²) in [5.41, 5.74) is 2.93. The third-order valence-corrected chi connectivity index (χ3v) is 5.86. The molecule has 0 fully saturated rings. The van der Waals surface area contributed by atoms with E-state index in [-0.39, 0.29) is 27.0 Å². The van der Waals surface area contributed by atoms with Crippen molar-refractivity contribution in [1.82, 2.24) is 5.43 Å². The van der Waals surface area contributed by atoms with Gasteiger partial charge in [0.05, 0.1) is 27.5 Å². The molecule has 0 saturated heterocycles. The number of hydrogen-bond donors (Lipinski definition) is 2. The SMILES string of the molecule is O=C(N/N=C/c1c(OC(=O)c2ccccc2Cl)ccc2ccccc12)C(=O)Nc1cc(Cl)ccc1Cl. The number of esters is 1. The lowest BCUT2D eigenvalue weighted by Gasteiger charge is -2.11. The molecule has 2 amide bonds. The summed E-state index contributed by atoms with van der Waals surface area (Å²) in [4.78, 5) is 37.2. The maximum absolute atomic E-state index is 12.7. The van der Waals surface area contributed by atoms with Crippen LogP contribution < -0.4 is 15.5 Å². The van der Waals surface area contributed by atoms with Gasteiger partial charge in [-0.1, -0.05) is 77.3 Å². The Bertz CT molecular complexity index is 1520. The van der Waals surface area contributed by atoms with Crippen molar-refractivity contribution < 1.29 is 19.1 Å². The van der Waals surface area contributed by atoms with E-state index in [9.17, 15) is 14.4 Å². The van der Waals surface area contributed by atoms with Gasteiger partial charge in [-0.2, -0.15) is 5.10 Å². The molecule has 0 heterocycles. The Morgan fingerprint density at radius 3 is 2.36 bits per heavy atom. The maximum Gasteiger partial charge on any atom is 0.345 e. The van der Waals surface area contributed by atoms with E-state index < -0.39 is 17.8 Å². The Kier molecular flexibility index (Phi) is 7.85. The van der Waals surface area contributed by atoms with Crippen LogP contribution in [0, 0.1) is 0 Å². The van der Waals surface area contributed by atoms with E-state index in [1.807, 2.05) is 12.1 Å². The number of amides is 2. The lowest BCUT2D eigenvalue weighted by Crippen LogP contribution is -2.32. The Hall–Kier alpha value is -3.91. The van der Waals surface area contributed by atoms with E-state index in [4.69, 9.17) is 39.5 Å². The van der Waals surface area contributed by atoms with Crippen molar-refractivity contribution in [2.75, 3.05) is 5.32 Å². The molecule has 0 aliphatic heterocycles. The molecule has 0 atom stereocenters. The first-order valence-corrected chi connectivity index (χ1v) is 11.5. The number of rotatable bonds is 5.